The van der Waals surface area contributed by atoms with Crippen LogP contribution in [-0.4, -0.2) is 5.78 Å². The largest absolute Gasteiger partial charge is 0.295 e. The molecule has 1 aromatic carbocycles. The molecule has 1 aromatic rings. The maximum atomic E-state index is 10.7. The number of ketones is 1. The Morgan fingerprint density at radius 3 is 2.86 bits per heavy atom. The molecule has 0 atom stereocenters. The molecule has 0 aliphatic heterocycles. The molecule has 0 unspecified atom stereocenters. The Kier molecular flexibility index (Phi) is 3.61. The number of rotatable bonds is 2. The van der Waals surface area contributed by atoms with E-state index in [-0.39, 0.29) is 5.78 Å². The first-order valence-corrected chi connectivity index (χ1v) is 4.81. The Morgan fingerprint density at radius 2 is 2.29 bits per heavy atom. The van der Waals surface area contributed by atoms with Crippen LogP contribution in [-0.2, 0) is 4.79 Å². The Hall–Kier alpha value is -1.40. The zero-order chi connectivity index (χ0) is 10.6. The molecule has 0 bridgehead atoms. The molecule has 0 N–H and O–H groups in total. The van der Waals surface area contributed by atoms with Crippen molar-refractivity contribution in [2.75, 3.05) is 0 Å². The molecular formula is C11H8BrNO. The fraction of sp³-hybridized carbons (Fsp3) is 0.0909. The SMILES string of the molecule is CC(=O)/C=C/c1cc(C#N)ccc1Br. The van der Waals surface area contributed by atoms with Crippen molar-refractivity contribution in [2.45, 2.75) is 6.92 Å². The van der Waals surface area contributed by atoms with Crippen LogP contribution < -0.4 is 0 Å². The van der Waals surface area contributed by atoms with Gasteiger partial charge in [-0.15, -0.1) is 0 Å². The normalized spacial score (nSPS) is 10.1. The Morgan fingerprint density at radius 1 is 1.57 bits per heavy atom. The van der Waals surface area contributed by atoms with Crippen molar-refractivity contribution in [3.63, 3.8) is 0 Å². The first-order chi connectivity index (χ1) is 6.63. The lowest BCUT2D eigenvalue weighted by molar-refractivity contribution is -0.112. The minimum Gasteiger partial charge on any atom is -0.295 e. The maximum Gasteiger partial charge on any atom is 0.152 e. The number of allylic oxidation sites excluding steroid dienone is 1. The van der Waals surface area contributed by atoms with Crippen LogP contribution in [0.4, 0.5) is 0 Å². The van der Waals surface area contributed by atoms with E-state index in [1.165, 1.54) is 13.0 Å². The van der Waals surface area contributed by atoms with Crippen molar-refractivity contribution in [1.29, 1.82) is 5.26 Å². The molecule has 0 saturated carbocycles. The molecule has 0 spiro atoms. The maximum absolute atomic E-state index is 10.7. The van der Waals surface area contributed by atoms with Crippen LogP contribution in [0.2, 0.25) is 0 Å². The quantitative estimate of drug-likeness (QED) is 0.757. The average Bonchev–Trinajstić information content (AvgIpc) is 2.16. The monoisotopic (exact) mass is 249 g/mol. The lowest BCUT2D eigenvalue weighted by Gasteiger charge is -1.97. The molecule has 2 nitrogen and oxygen atoms in total. The van der Waals surface area contributed by atoms with E-state index in [0.717, 1.165) is 10.0 Å². The van der Waals surface area contributed by atoms with Crippen LogP contribution in [0.3, 0.4) is 0 Å². The van der Waals surface area contributed by atoms with Gasteiger partial charge in [-0.25, -0.2) is 0 Å². The van der Waals surface area contributed by atoms with Gasteiger partial charge in [-0.1, -0.05) is 22.0 Å². The lowest BCUT2D eigenvalue weighted by Crippen LogP contribution is -1.83. The second-order valence-corrected chi connectivity index (χ2v) is 3.65. The first kappa shape index (κ1) is 10.7. The zero-order valence-corrected chi connectivity index (χ0v) is 9.21. The second kappa shape index (κ2) is 4.73. The fourth-order valence-corrected chi connectivity index (χ4v) is 1.33. The van der Waals surface area contributed by atoms with E-state index in [4.69, 9.17) is 5.26 Å². The summed E-state index contributed by atoms with van der Waals surface area (Å²) in [5, 5.41) is 8.67. The van der Waals surface area contributed by atoms with Gasteiger partial charge in [0.1, 0.15) is 0 Å². The van der Waals surface area contributed by atoms with Crippen molar-refractivity contribution < 1.29 is 4.79 Å². The van der Waals surface area contributed by atoms with Gasteiger partial charge in [0.15, 0.2) is 5.78 Å². The van der Waals surface area contributed by atoms with Gasteiger partial charge < -0.3 is 0 Å². The molecule has 14 heavy (non-hydrogen) atoms. The highest BCUT2D eigenvalue weighted by Gasteiger charge is 1.98. The molecule has 0 radical (unpaired) electrons. The second-order valence-electron chi connectivity index (χ2n) is 2.79. The lowest BCUT2D eigenvalue weighted by atomic mass is 10.1. The van der Waals surface area contributed by atoms with Gasteiger partial charge in [0.05, 0.1) is 11.6 Å². The first-order valence-electron chi connectivity index (χ1n) is 4.02. The summed E-state index contributed by atoms with van der Waals surface area (Å²) >= 11 is 3.34. The molecule has 0 aromatic heterocycles. The van der Waals surface area contributed by atoms with Crippen molar-refractivity contribution in [3.05, 3.63) is 39.9 Å². The Labute approximate surface area is 91.0 Å². The van der Waals surface area contributed by atoms with Crippen molar-refractivity contribution in [1.82, 2.24) is 0 Å². The molecule has 1 rings (SSSR count). The summed E-state index contributed by atoms with van der Waals surface area (Å²) in [4.78, 5) is 10.7. The van der Waals surface area contributed by atoms with E-state index in [2.05, 4.69) is 15.9 Å². The van der Waals surface area contributed by atoms with E-state index in [9.17, 15) is 4.79 Å². The van der Waals surface area contributed by atoms with Crippen LogP contribution in [0.15, 0.2) is 28.7 Å². The Bertz CT molecular complexity index is 429. The van der Waals surface area contributed by atoms with Gasteiger partial charge in [0.25, 0.3) is 0 Å². The van der Waals surface area contributed by atoms with Crippen molar-refractivity contribution in [3.8, 4) is 6.07 Å². The standard InChI is InChI=1S/C11H8BrNO/c1-8(14)2-4-10-6-9(7-13)3-5-11(10)12/h2-6H,1H3/b4-2+. The summed E-state index contributed by atoms with van der Waals surface area (Å²) in [5.41, 5.74) is 1.41. The highest BCUT2D eigenvalue weighted by Crippen LogP contribution is 2.19. The summed E-state index contributed by atoms with van der Waals surface area (Å²) in [6.07, 6.45) is 3.16. The number of benzene rings is 1. The predicted octanol–water partition coefficient (Wildman–Crippen LogP) is 2.92. The number of carbonyl (C=O) groups is 1. The third kappa shape index (κ3) is 2.82. The van der Waals surface area contributed by atoms with Crippen molar-refractivity contribution >= 4 is 27.8 Å². The number of nitrogens with zero attached hydrogens (tertiary/aromatic N) is 1. The minimum atomic E-state index is -0.0146. The predicted molar refractivity (Wildman–Crippen MR) is 58.6 cm³/mol. The Balaban J connectivity index is 3.08. The minimum absolute atomic E-state index is 0.0146. The van der Waals surface area contributed by atoms with E-state index >= 15 is 0 Å². The van der Waals surface area contributed by atoms with Crippen LogP contribution in [0.1, 0.15) is 18.1 Å². The van der Waals surface area contributed by atoms with Crippen LogP contribution in [0, 0.1) is 11.3 Å². The van der Waals surface area contributed by atoms with Crippen molar-refractivity contribution in [2.24, 2.45) is 0 Å². The van der Waals surface area contributed by atoms with Crippen LogP contribution >= 0.6 is 15.9 Å². The van der Waals surface area contributed by atoms with Crippen LogP contribution in [0.25, 0.3) is 6.08 Å². The van der Waals surface area contributed by atoms with Gasteiger partial charge in [-0.3, -0.25) is 4.79 Å². The number of halogens is 1. The van der Waals surface area contributed by atoms with Gasteiger partial charge >= 0.3 is 0 Å². The summed E-state index contributed by atoms with van der Waals surface area (Å²) < 4.78 is 0.869. The van der Waals surface area contributed by atoms with E-state index in [1.807, 2.05) is 6.07 Å². The molecule has 0 saturated heterocycles. The van der Waals surface area contributed by atoms with Crippen LogP contribution in [0.5, 0.6) is 0 Å². The molecular weight excluding hydrogens is 242 g/mol. The fourth-order valence-electron chi connectivity index (χ4n) is 0.948. The van der Waals surface area contributed by atoms with E-state index < -0.39 is 0 Å². The smallest absolute Gasteiger partial charge is 0.152 e. The number of hydrogen-bond donors (Lipinski definition) is 0. The van der Waals surface area contributed by atoms with Gasteiger partial charge in [-0.05, 0) is 36.8 Å². The number of hydrogen-bond acceptors (Lipinski definition) is 2. The third-order valence-electron chi connectivity index (χ3n) is 1.62. The summed E-state index contributed by atoms with van der Waals surface area (Å²) in [5.74, 6) is -0.0146. The third-order valence-corrected chi connectivity index (χ3v) is 2.34. The molecule has 0 aliphatic carbocycles. The number of nitriles is 1. The zero-order valence-electron chi connectivity index (χ0n) is 7.62. The van der Waals surface area contributed by atoms with Gasteiger partial charge in [-0.2, -0.15) is 5.26 Å². The molecule has 70 valence electrons. The summed E-state index contributed by atoms with van der Waals surface area (Å²) in [6.45, 7) is 1.48. The van der Waals surface area contributed by atoms with E-state index in [1.54, 1.807) is 24.3 Å². The van der Waals surface area contributed by atoms with Gasteiger partial charge in [0, 0.05) is 4.47 Å². The van der Waals surface area contributed by atoms with Gasteiger partial charge in [0.2, 0.25) is 0 Å². The topological polar surface area (TPSA) is 40.9 Å². The molecule has 0 amide bonds. The molecule has 0 fully saturated rings. The summed E-state index contributed by atoms with van der Waals surface area (Å²) in [7, 11) is 0. The highest BCUT2D eigenvalue weighted by molar-refractivity contribution is 9.10. The molecule has 3 heteroatoms. The summed E-state index contributed by atoms with van der Waals surface area (Å²) in [6, 6.07) is 7.28. The highest BCUT2D eigenvalue weighted by atomic mass is 79.9. The number of carbonyl (C=O) groups excluding carboxylic acids is 1. The molecule has 0 heterocycles. The molecule has 0 aliphatic rings. The average molecular weight is 250 g/mol. The van der Waals surface area contributed by atoms with E-state index in [0.29, 0.717) is 5.56 Å².